The predicted molar refractivity (Wildman–Crippen MR) is 102 cm³/mol. The fourth-order valence-electron chi connectivity index (χ4n) is 2.40. The molecule has 0 radical (unpaired) electrons. The van der Waals surface area contributed by atoms with Gasteiger partial charge in [0.2, 0.25) is 0 Å². The van der Waals surface area contributed by atoms with E-state index >= 15 is 0 Å². The lowest BCUT2D eigenvalue weighted by molar-refractivity contribution is 1.31. The summed E-state index contributed by atoms with van der Waals surface area (Å²) < 4.78 is 0. The monoisotopic (exact) mass is 322 g/mol. The molecule has 0 N–H and O–H groups in total. The van der Waals surface area contributed by atoms with Crippen LogP contribution in [0.2, 0.25) is 0 Å². The Morgan fingerprint density at radius 2 is 1.36 bits per heavy atom. The van der Waals surface area contributed by atoms with Crippen molar-refractivity contribution in [1.82, 2.24) is 0 Å². The summed E-state index contributed by atoms with van der Waals surface area (Å²) in [7, 11) is 0. The van der Waals surface area contributed by atoms with Crippen LogP contribution in [0.1, 0.15) is 22.3 Å². The molecular formula is C20H18S2. The van der Waals surface area contributed by atoms with Crippen LogP contribution in [0.15, 0.2) is 48.5 Å². The van der Waals surface area contributed by atoms with Crippen LogP contribution in [-0.4, -0.2) is 11.5 Å². The lowest BCUT2D eigenvalue weighted by Gasteiger charge is -2.11. The van der Waals surface area contributed by atoms with Crippen LogP contribution in [0.4, 0.5) is 0 Å². The van der Waals surface area contributed by atoms with Crippen molar-refractivity contribution < 1.29 is 0 Å². The maximum atomic E-state index is 3.24. The van der Waals surface area contributed by atoms with Crippen molar-refractivity contribution in [2.45, 2.75) is 11.5 Å². The second kappa shape index (κ2) is 8.17. The van der Waals surface area contributed by atoms with Crippen molar-refractivity contribution in [3.05, 3.63) is 70.8 Å². The summed E-state index contributed by atoms with van der Waals surface area (Å²) >= 11 is 3.80. The summed E-state index contributed by atoms with van der Waals surface area (Å²) in [4.78, 5) is 0. The SMILES string of the molecule is C1#CCSCc2cccc(c2/C=C/c2ccccc2)CSC1. The van der Waals surface area contributed by atoms with Crippen LogP contribution in [0, 0.1) is 11.8 Å². The van der Waals surface area contributed by atoms with Gasteiger partial charge >= 0.3 is 0 Å². The third kappa shape index (κ3) is 4.22. The Balaban J connectivity index is 1.91. The van der Waals surface area contributed by atoms with Gasteiger partial charge in [-0.1, -0.05) is 72.5 Å². The van der Waals surface area contributed by atoms with Gasteiger partial charge in [0.25, 0.3) is 0 Å². The molecule has 2 bridgehead atoms. The van der Waals surface area contributed by atoms with Gasteiger partial charge in [-0.2, -0.15) is 0 Å². The number of rotatable bonds is 2. The Bertz CT molecular complexity index is 673. The maximum Gasteiger partial charge on any atom is 0.0551 e. The number of thioether (sulfide) groups is 2. The van der Waals surface area contributed by atoms with E-state index in [1.54, 1.807) is 0 Å². The molecule has 0 amide bonds. The molecule has 0 aromatic heterocycles. The predicted octanol–water partition coefficient (Wildman–Crippen LogP) is 5.34. The van der Waals surface area contributed by atoms with Crippen LogP contribution < -0.4 is 0 Å². The first-order valence-corrected chi connectivity index (χ1v) is 9.69. The van der Waals surface area contributed by atoms with Crippen LogP contribution in [0.5, 0.6) is 0 Å². The molecule has 2 aromatic carbocycles. The zero-order valence-corrected chi connectivity index (χ0v) is 14.1. The molecule has 0 saturated heterocycles. The van der Waals surface area contributed by atoms with Gasteiger partial charge in [0.05, 0.1) is 11.5 Å². The van der Waals surface area contributed by atoms with Crippen LogP contribution in [-0.2, 0) is 11.5 Å². The molecule has 2 heteroatoms. The largest absolute Gasteiger partial charge is 0.144 e. The summed E-state index contributed by atoms with van der Waals surface area (Å²) in [5, 5.41) is 0. The van der Waals surface area contributed by atoms with Crippen LogP contribution in [0.3, 0.4) is 0 Å². The average Bonchev–Trinajstić information content (AvgIpc) is 2.58. The van der Waals surface area contributed by atoms with Gasteiger partial charge < -0.3 is 0 Å². The summed E-state index contributed by atoms with van der Waals surface area (Å²) in [5.41, 5.74) is 5.46. The Hall–Kier alpha value is -1.56. The molecule has 0 aliphatic carbocycles. The van der Waals surface area contributed by atoms with Gasteiger partial charge in [-0.15, -0.1) is 23.5 Å². The normalized spacial score (nSPS) is 14.9. The quantitative estimate of drug-likeness (QED) is 0.540. The molecule has 0 atom stereocenters. The topological polar surface area (TPSA) is 0 Å². The summed E-state index contributed by atoms with van der Waals surface area (Å²) in [6.45, 7) is 0. The smallest absolute Gasteiger partial charge is 0.0551 e. The van der Waals surface area contributed by atoms with Crippen molar-refractivity contribution in [3.63, 3.8) is 0 Å². The highest BCUT2D eigenvalue weighted by Gasteiger charge is 2.07. The minimum atomic E-state index is 0.923. The Labute approximate surface area is 141 Å². The molecule has 1 aliphatic heterocycles. The van der Waals surface area contributed by atoms with Crippen LogP contribution >= 0.6 is 23.5 Å². The van der Waals surface area contributed by atoms with Gasteiger partial charge in [0.1, 0.15) is 0 Å². The van der Waals surface area contributed by atoms with E-state index in [-0.39, 0.29) is 0 Å². The first-order chi connectivity index (χ1) is 10.9. The fourth-order valence-corrected chi connectivity index (χ4v) is 3.96. The number of hydrogen-bond donors (Lipinski definition) is 0. The molecule has 0 unspecified atom stereocenters. The first-order valence-electron chi connectivity index (χ1n) is 7.38. The molecule has 3 rings (SSSR count). The van der Waals surface area contributed by atoms with Crippen LogP contribution in [0.25, 0.3) is 12.2 Å². The minimum absolute atomic E-state index is 0.923. The van der Waals surface area contributed by atoms with Crippen molar-refractivity contribution in [2.75, 3.05) is 11.5 Å². The number of benzene rings is 2. The summed E-state index contributed by atoms with van der Waals surface area (Å²) in [5.74, 6) is 10.4. The van der Waals surface area contributed by atoms with Crippen molar-refractivity contribution in [2.24, 2.45) is 0 Å². The highest BCUT2D eigenvalue weighted by Crippen LogP contribution is 2.26. The third-order valence-electron chi connectivity index (χ3n) is 3.52. The average molecular weight is 322 g/mol. The zero-order chi connectivity index (χ0) is 15.0. The second-order valence-electron chi connectivity index (χ2n) is 5.07. The lowest BCUT2D eigenvalue weighted by atomic mass is 10.0. The van der Waals surface area contributed by atoms with Gasteiger partial charge in [-0.25, -0.2) is 0 Å². The molecule has 0 spiro atoms. The van der Waals surface area contributed by atoms with Crippen molar-refractivity contribution in [1.29, 1.82) is 0 Å². The molecule has 0 fully saturated rings. The van der Waals surface area contributed by atoms with Crippen molar-refractivity contribution >= 4 is 35.7 Å². The second-order valence-corrected chi connectivity index (χ2v) is 7.04. The van der Waals surface area contributed by atoms with E-state index in [1.165, 1.54) is 22.3 Å². The van der Waals surface area contributed by atoms with E-state index in [0.29, 0.717) is 0 Å². The van der Waals surface area contributed by atoms with Gasteiger partial charge in [-0.3, -0.25) is 0 Å². The molecule has 1 heterocycles. The zero-order valence-electron chi connectivity index (χ0n) is 12.4. The standard InChI is InChI=1S/C20H18S2/c1-2-7-17(8-3-1)11-12-20-18-9-6-10-19(20)16-22-14-5-4-13-21-15-18/h1-3,6-12H,13-16H2/b12-11+. The maximum absolute atomic E-state index is 3.24. The van der Waals surface area contributed by atoms with Gasteiger partial charge in [0.15, 0.2) is 0 Å². The van der Waals surface area contributed by atoms with E-state index in [1.807, 2.05) is 23.5 Å². The Kier molecular flexibility index (Phi) is 5.70. The van der Waals surface area contributed by atoms with Gasteiger partial charge in [-0.05, 0) is 22.3 Å². The molecule has 0 saturated carbocycles. The summed E-state index contributed by atoms with van der Waals surface area (Å²) in [6, 6.07) is 17.2. The third-order valence-corrected chi connectivity index (χ3v) is 5.24. The van der Waals surface area contributed by atoms with E-state index in [0.717, 1.165) is 23.0 Å². The number of hydrogen-bond acceptors (Lipinski definition) is 2. The highest BCUT2D eigenvalue weighted by atomic mass is 32.2. The van der Waals surface area contributed by atoms with E-state index in [2.05, 4.69) is 72.5 Å². The number of fused-ring (bicyclic) bond motifs is 2. The highest BCUT2D eigenvalue weighted by molar-refractivity contribution is 7.99. The lowest BCUT2D eigenvalue weighted by Crippen LogP contribution is -1.94. The minimum Gasteiger partial charge on any atom is -0.144 e. The molecule has 2 aromatic rings. The fraction of sp³-hybridized carbons (Fsp3) is 0.200. The molecule has 1 aliphatic rings. The van der Waals surface area contributed by atoms with Crippen molar-refractivity contribution in [3.8, 4) is 11.8 Å². The molecule has 22 heavy (non-hydrogen) atoms. The van der Waals surface area contributed by atoms with E-state index < -0.39 is 0 Å². The summed E-state index contributed by atoms with van der Waals surface area (Å²) in [6.07, 6.45) is 4.49. The van der Waals surface area contributed by atoms with E-state index in [4.69, 9.17) is 0 Å². The Morgan fingerprint density at radius 3 is 2.00 bits per heavy atom. The Morgan fingerprint density at radius 1 is 0.727 bits per heavy atom. The van der Waals surface area contributed by atoms with E-state index in [9.17, 15) is 0 Å². The molecular weight excluding hydrogens is 304 g/mol. The molecule has 110 valence electrons. The molecule has 0 nitrogen and oxygen atoms in total. The first kappa shape index (κ1) is 15.3. The van der Waals surface area contributed by atoms with Gasteiger partial charge in [0, 0.05) is 11.5 Å².